The van der Waals surface area contributed by atoms with E-state index in [4.69, 9.17) is 9.73 Å². The van der Waals surface area contributed by atoms with Crippen LogP contribution in [-0.2, 0) is 5.41 Å². The molecule has 3 nitrogen and oxygen atoms in total. The van der Waals surface area contributed by atoms with Crippen molar-refractivity contribution in [2.24, 2.45) is 4.99 Å². The molecule has 0 radical (unpaired) electrons. The standard InChI is InChI=1S/C29H27NO2/c1-29(2,22-13-5-4-6-14-22)25-17-11-12-21(28(25)31)20-30-26-18-9-7-15-23(26)24-16-8-10-19-27(24)32-3/h4-20,31H,1-3H3/b30-20+. The Labute approximate surface area is 189 Å². The van der Waals surface area contributed by atoms with Crippen LogP contribution in [0, 0.1) is 0 Å². The zero-order chi connectivity index (χ0) is 22.6. The molecule has 0 heterocycles. The number of ether oxygens (including phenoxy) is 1. The van der Waals surface area contributed by atoms with Crippen LogP contribution in [0.25, 0.3) is 11.1 Å². The molecule has 0 aliphatic heterocycles. The van der Waals surface area contributed by atoms with Crippen LogP contribution in [0.2, 0.25) is 0 Å². The molecule has 1 N–H and O–H groups in total. The van der Waals surface area contributed by atoms with Gasteiger partial charge in [0.15, 0.2) is 0 Å². The van der Waals surface area contributed by atoms with Crippen molar-refractivity contribution < 1.29 is 9.84 Å². The number of nitrogens with zero attached hydrogens (tertiary/aromatic N) is 1. The van der Waals surface area contributed by atoms with Crippen molar-refractivity contribution in [3.05, 3.63) is 114 Å². The highest BCUT2D eigenvalue weighted by atomic mass is 16.5. The van der Waals surface area contributed by atoms with Gasteiger partial charge in [-0.25, -0.2) is 0 Å². The first kappa shape index (κ1) is 21.4. The Bertz CT molecular complexity index is 1240. The summed E-state index contributed by atoms with van der Waals surface area (Å²) in [6.45, 7) is 4.24. The Morgan fingerprint density at radius 3 is 2.16 bits per heavy atom. The minimum atomic E-state index is -0.343. The molecule has 160 valence electrons. The molecule has 3 heteroatoms. The van der Waals surface area contributed by atoms with Crippen LogP contribution >= 0.6 is 0 Å². The van der Waals surface area contributed by atoms with Gasteiger partial charge in [0.25, 0.3) is 0 Å². The quantitative estimate of drug-likeness (QED) is 0.336. The van der Waals surface area contributed by atoms with Gasteiger partial charge in [0.2, 0.25) is 0 Å². The Morgan fingerprint density at radius 1 is 0.750 bits per heavy atom. The van der Waals surface area contributed by atoms with Gasteiger partial charge in [-0.1, -0.05) is 92.7 Å². The highest BCUT2D eigenvalue weighted by Gasteiger charge is 2.26. The summed E-state index contributed by atoms with van der Waals surface area (Å²) in [6.07, 6.45) is 1.73. The summed E-state index contributed by atoms with van der Waals surface area (Å²) in [6, 6.07) is 31.9. The van der Waals surface area contributed by atoms with Crippen molar-refractivity contribution >= 4 is 11.9 Å². The average Bonchev–Trinajstić information content (AvgIpc) is 2.84. The van der Waals surface area contributed by atoms with Gasteiger partial charge < -0.3 is 9.84 Å². The lowest BCUT2D eigenvalue weighted by Gasteiger charge is -2.27. The summed E-state index contributed by atoms with van der Waals surface area (Å²) in [7, 11) is 1.67. The number of rotatable bonds is 6. The number of phenols is 1. The number of hydrogen-bond acceptors (Lipinski definition) is 3. The average molecular weight is 422 g/mol. The monoisotopic (exact) mass is 421 g/mol. The summed E-state index contributed by atoms with van der Waals surface area (Å²) in [5, 5.41) is 11.1. The molecule has 0 aromatic heterocycles. The summed E-state index contributed by atoms with van der Waals surface area (Å²) in [5.74, 6) is 1.05. The molecule has 4 aromatic carbocycles. The Balaban J connectivity index is 1.73. The maximum atomic E-state index is 11.1. The van der Waals surface area contributed by atoms with E-state index in [2.05, 4.69) is 26.0 Å². The van der Waals surface area contributed by atoms with Crippen molar-refractivity contribution in [1.29, 1.82) is 0 Å². The number of benzene rings is 4. The lowest BCUT2D eigenvalue weighted by atomic mass is 9.77. The highest BCUT2D eigenvalue weighted by Crippen LogP contribution is 2.39. The van der Waals surface area contributed by atoms with E-state index in [0.717, 1.165) is 33.7 Å². The fraction of sp³-hybridized carbons (Fsp3) is 0.138. The molecule has 0 amide bonds. The number of para-hydroxylation sites is 3. The van der Waals surface area contributed by atoms with E-state index in [1.165, 1.54) is 0 Å². The highest BCUT2D eigenvalue weighted by molar-refractivity contribution is 5.89. The molecule has 0 spiro atoms. The predicted octanol–water partition coefficient (Wildman–Crippen LogP) is 7.14. The molecule has 4 aromatic rings. The molecule has 32 heavy (non-hydrogen) atoms. The third-order valence-corrected chi connectivity index (χ3v) is 5.88. The fourth-order valence-corrected chi connectivity index (χ4v) is 4.00. The van der Waals surface area contributed by atoms with Gasteiger partial charge in [-0.3, -0.25) is 4.99 Å². The number of hydrogen-bond donors (Lipinski definition) is 1. The SMILES string of the molecule is COc1ccccc1-c1ccccc1/N=C/c1cccc(C(C)(C)c2ccccc2)c1O. The smallest absolute Gasteiger partial charge is 0.128 e. The van der Waals surface area contributed by atoms with E-state index in [0.29, 0.717) is 5.56 Å². The summed E-state index contributed by atoms with van der Waals surface area (Å²) >= 11 is 0. The van der Waals surface area contributed by atoms with Crippen molar-refractivity contribution in [1.82, 2.24) is 0 Å². The summed E-state index contributed by atoms with van der Waals surface area (Å²) in [5.41, 5.74) is 5.11. The largest absolute Gasteiger partial charge is 0.507 e. The van der Waals surface area contributed by atoms with Gasteiger partial charge in [-0.15, -0.1) is 0 Å². The second kappa shape index (κ2) is 9.11. The summed E-state index contributed by atoms with van der Waals surface area (Å²) in [4.78, 5) is 4.74. The van der Waals surface area contributed by atoms with Crippen LogP contribution in [0.1, 0.15) is 30.5 Å². The molecule has 0 atom stereocenters. The van der Waals surface area contributed by atoms with E-state index in [9.17, 15) is 5.11 Å². The lowest BCUT2D eigenvalue weighted by molar-refractivity contribution is 0.416. The van der Waals surface area contributed by atoms with Crippen molar-refractivity contribution in [3.8, 4) is 22.6 Å². The maximum Gasteiger partial charge on any atom is 0.128 e. The van der Waals surface area contributed by atoms with Crippen LogP contribution < -0.4 is 4.74 Å². The van der Waals surface area contributed by atoms with E-state index < -0.39 is 0 Å². The molecule has 0 aliphatic carbocycles. The molecule has 4 rings (SSSR count). The first-order valence-electron chi connectivity index (χ1n) is 10.7. The molecule has 0 fully saturated rings. The fourth-order valence-electron chi connectivity index (χ4n) is 4.00. The minimum absolute atomic E-state index is 0.250. The first-order valence-corrected chi connectivity index (χ1v) is 10.7. The molecule has 0 unspecified atom stereocenters. The Hall–Kier alpha value is -3.85. The molecule has 0 aliphatic rings. The second-order valence-electron chi connectivity index (χ2n) is 8.21. The summed E-state index contributed by atoms with van der Waals surface area (Å²) < 4.78 is 5.54. The first-order chi connectivity index (χ1) is 15.5. The second-order valence-corrected chi connectivity index (χ2v) is 8.21. The van der Waals surface area contributed by atoms with Gasteiger partial charge >= 0.3 is 0 Å². The minimum Gasteiger partial charge on any atom is -0.507 e. The van der Waals surface area contributed by atoms with E-state index in [1.807, 2.05) is 84.9 Å². The molecule has 0 saturated carbocycles. The number of aromatic hydroxyl groups is 1. The Kier molecular flexibility index (Phi) is 6.09. The molecular weight excluding hydrogens is 394 g/mol. The van der Waals surface area contributed by atoms with Crippen molar-refractivity contribution in [2.75, 3.05) is 7.11 Å². The van der Waals surface area contributed by atoms with E-state index in [1.54, 1.807) is 13.3 Å². The van der Waals surface area contributed by atoms with Crippen LogP contribution in [0.15, 0.2) is 102 Å². The maximum absolute atomic E-state index is 11.1. The Morgan fingerprint density at radius 2 is 1.41 bits per heavy atom. The number of phenolic OH excluding ortho intramolecular Hbond substituents is 1. The normalized spacial score (nSPS) is 11.6. The van der Waals surface area contributed by atoms with Crippen LogP contribution in [0.5, 0.6) is 11.5 Å². The molecule has 0 bridgehead atoms. The van der Waals surface area contributed by atoms with Crippen molar-refractivity contribution in [3.63, 3.8) is 0 Å². The lowest BCUT2D eigenvalue weighted by Crippen LogP contribution is -2.19. The van der Waals surface area contributed by atoms with Gasteiger partial charge in [0.05, 0.1) is 12.8 Å². The van der Waals surface area contributed by atoms with Gasteiger partial charge in [0.1, 0.15) is 11.5 Å². The zero-order valence-electron chi connectivity index (χ0n) is 18.6. The number of methoxy groups -OCH3 is 1. The third kappa shape index (κ3) is 4.15. The molecular formula is C29H27NO2. The zero-order valence-corrected chi connectivity index (χ0v) is 18.6. The van der Waals surface area contributed by atoms with Crippen LogP contribution in [0.3, 0.4) is 0 Å². The predicted molar refractivity (Wildman–Crippen MR) is 132 cm³/mol. The van der Waals surface area contributed by atoms with Gasteiger partial charge in [-0.2, -0.15) is 0 Å². The number of aliphatic imine (C=N–C) groups is 1. The third-order valence-electron chi connectivity index (χ3n) is 5.88. The van der Waals surface area contributed by atoms with Crippen LogP contribution in [-0.4, -0.2) is 18.4 Å². The van der Waals surface area contributed by atoms with Gasteiger partial charge in [-0.05, 0) is 23.8 Å². The van der Waals surface area contributed by atoms with E-state index in [-0.39, 0.29) is 11.2 Å². The topological polar surface area (TPSA) is 41.8 Å². The van der Waals surface area contributed by atoms with E-state index >= 15 is 0 Å². The molecule has 0 saturated heterocycles. The van der Waals surface area contributed by atoms with Gasteiger partial charge in [0, 0.05) is 33.9 Å². The van der Waals surface area contributed by atoms with Crippen LogP contribution in [0.4, 0.5) is 5.69 Å². The van der Waals surface area contributed by atoms with Crippen molar-refractivity contribution in [2.45, 2.75) is 19.3 Å².